The van der Waals surface area contributed by atoms with E-state index in [1.54, 1.807) is 20.1 Å². The third-order valence-electron chi connectivity index (χ3n) is 2.19. The van der Waals surface area contributed by atoms with Gasteiger partial charge in [-0.3, -0.25) is 18.7 Å². The van der Waals surface area contributed by atoms with Crippen LogP contribution in [0.2, 0.25) is 0 Å². The van der Waals surface area contributed by atoms with Crippen molar-refractivity contribution in [3.8, 4) is 0 Å². The molecule has 0 saturated carbocycles. The minimum absolute atomic E-state index is 0.179. The molecule has 0 aromatic rings. The Hall–Kier alpha value is -0.970. The van der Waals surface area contributed by atoms with E-state index in [9.17, 15) is 13.8 Å². The van der Waals surface area contributed by atoms with Crippen molar-refractivity contribution in [2.75, 3.05) is 12.8 Å². The predicted molar refractivity (Wildman–Crippen MR) is 54.0 cm³/mol. The molecule has 0 radical (unpaired) electrons. The fraction of sp³-hybridized carbons (Fsp3) is 0.556. The Morgan fingerprint density at radius 1 is 1.50 bits per heavy atom. The molecule has 0 aromatic heterocycles. The van der Waals surface area contributed by atoms with Crippen molar-refractivity contribution < 1.29 is 13.8 Å². The van der Waals surface area contributed by atoms with E-state index in [1.165, 1.54) is 6.08 Å². The smallest absolute Gasteiger partial charge is 0.256 e. The van der Waals surface area contributed by atoms with Crippen LogP contribution in [0.4, 0.5) is 0 Å². The normalized spacial score (nSPS) is 21.1. The van der Waals surface area contributed by atoms with E-state index < -0.39 is 10.8 Å². The molecule has 0 N–H and O–H groups in total. The van der Waals surface area contributed by atoms with Crippen molar-refractivity contribution in [1.82, 2.24) is 4.90 Å². The largest absolute Gasteiger partial charge is 0.274 e. The second kappa shape index (κ2) is 4.04. The van der Waals surface area contributed by atoms with E-state index in [4.69, 9.17) is 0 Å². The van der Waals surface area contributed by atoms with Crippen molar-refractivity contribution in [3.05, 3.63) is 11.6 Å². The van der Waals surface area contributed by atoms with Gasteiger partial charge in [0.1, 0.15) is 0 Å². The first-order valence-corrected chi connectivity index (χ1v) is 5.92. The zero-order valence-corrected chi connectivity index (χ0v) is 9.26. The number of hydrogen-bond acceptors (Lipinski definition) is 3. The number of carbonyl (C=O) groups is 2. The molecular formula is C9H13NO3S. The quantitative estimate of drug-likeness (QED) is 0.626. The first-order chi connectivity index (χ1) is 6.43. The average molecular weight is 215 g/mol. The van der Waals surface area contributed by atoms with Crippen molar-refractivity contribution >= 4 is 22.6 Å². The highest BCUT2D eigenvalue weighted by Gasteiger charge is 2.29. The van der Waals surface area contributed by atoms with Gasteiger partial charge in [0.25, 0.3) is 11.8 Å². The summed E-state index contributed by atoms with van der Waals surface area (Å²) in [5, 5.41) is -0.179. The van der Waals surface area contributed by atoms with Crippen LogP contribution in [0.25, 0.3) is 0 Å². The Morgan fingerprint density at radius 3 is 2.43 bits per heavy atom. The molecule has 1 heterocycles. The van der Waals surface area contributed by atoms with Crippen LogP contribution in [-0.4, -0.2) is 39.0 Å². The van der Waals surface area contributed by atoms with Gasteiger partial charge in [-0.15, -0.1) is 0 Å². The van der Waals surface area contributed by atoms with Gasteiger partial charge in [0.15, 0.2) is 0 Å². The maximum absolute atomic E-state index is 11.4. The highest BCUT2D eigenvalue weighted by atomic mass is 32.2. The van der Waals surface area contributed by atoms with Crippen LogP contribution >= 0.6 is 0 Å². The maximum atomic E-state index is 11.4. The molecule has 5 heteroatoms. The first kappa shape index (κ1) is 11.1. The molecule has 14 heavy (non-hydrogen) atoms. The van der Waals surface area contributed by atoms with E-state index in [0.717, 1.165) is 4.90 Å². The van der Waals surface area contributed by atoms with Crippen LogP contribution in [0.15, 0.2) is 11.6 Å². The molecular weight excluding hydrogens is 202 g/mol. The van der Waals surface area contributed by atoms with Gasteiger partial charge in [-0.05, 0) is 13.8 Å². The van der Waals surface area contributed by atoms with Crippen LogP contribution in [0.1, 0.15) is 13.8 Å². The lowest BCUT2D eigenvalue weighted by Gasteiger charge is -2.17. The van der Waals surface area contributed by atoms with Gasteiger partial charge in [-0.25, -0.2) is 0 Å². The molecule has 4 nitrogen and oxygen atoms in total. The second-order valence-electron chi connectivity index (χ2n) is 3.39. The zero-order valence-electron chi connectivity index (χ0n) is 8.44. The number of nitrogens with zero attached hydrogens (tertiary/aromatic N) is 1. The van der Waals surface area contributed by atoms with Gasteiger partial charge in [-0.1, -0.05) is 0 Å². The summed E-state index contributed by atoms with van der Waals surface area (Å²) < 4.78 is 11.1. The fourth-order valence-electron chi connectivity index (χ4n) is 1.17. The minimum atomic E-state index is -1.02. The van der Waals surface area contributed by atoms with E-state index in [1.807, 2.05) is 0 Å². The van der Waals surface area contributed by atoms with Crippen LogP contribution in [0.5, 0.6) is 0 Å². The van der Waals surface area contributed by atoms with Gasteiger partial charge in [-0.2, -0.15) is 0 Å². The molecule has 1 aliphatic rings. The lowest BCUT2D eigenvalue weighted by molar-refractivity contribution is -0.137. The van der Waals surface area contributed by atoms with Gasteiger partial charge in [0, 0.05) is 40.5 Å². The molecule has 0 aliphatic carbocycles. The molecule has 0 aromatic carbocycles. The molecule has 2 unspecified atom stereocenters. The van der Waals surface area contributed by atoms with E-state index in [0.29, 0.717) is 5.57 Å². The van der Waals surface area contributed by atoms with Crippen LogP contribution in [0.3, 0.4) is 0 Å². The Labute approximate surface area is 85.4 Å². The molecule has 0 bridgehead atoms. The number of hydrogen-bond donors (Lipinski definition) is 0. The van der Waals surface area contributed by atoms with Gasteiger partial charge >= 0.3 is 0 Å². The summed E-state index contributed by atoms with van der Waals surface area (Å²) in [6.45, 7) is 3.59. The molecule has 0 fully saturated rings. The van der Waals surface area contributed by atoms with E-state index >= 15 is 0 Å². The van der Waals surface area contributed by atoms with Gasteiger partial charge in [0.05, 0.1) is 0 Å². The molecule has 2 atom stereocenters. The Kier molecular flexibility index (Phi) is 3.21. The van der Waals surface area contributed by atoms with Crippen molar-refractivity contribution in [2.24, 2.45) is 0 Å². The number of amides is 2. The lowest BCUT2D eigenvalue weighted by Crippen LogP contribution is -2.37. The van der Waals surface area contributed by atoms with Gasteiger partial charge in [0.2, 0.25) is 0 Å². The topological polar surface area (TPSA) is 54.5 Å². The average Bonchev–Trinajstić information content (AvgIpc) is 2.32. The third kappa shape index (κ3) is 2.09. The van der Waals surface area contributed by atoms with Crippen LogP contribution in [-0.2, 0) is 20.4 Å². The molecule has 1 rings (SSSR count). The highest BCUT2D eigenvalue weighted by Crippen LogP contribution is 2.13. The molecule has 78 valence electrons. The van der Waals surface area contributed by atoms with Crippen molar-refractivity contribution in [1.29, 1.82) is 0 Å². The van der Waals surface area contributed by atoms with Gasteiger partial charge < -0.3 is 0 Å². The summed E-state index contributed by atoms with van der Waals surface area (Å²) >= 11 is 0. The second-order valence-corrected chi connectivity index (χ2v) is 5.19. The summed E-state index contributed by atoms with van der Waals surface area (Å²) in [6.07, 6.45) is 2.88. The van der Waals surface area contributed by atoms with Crippen LogP contribution in [0, 0.1) is 0 Å². The standard InChI is InChI=1S/C9H13NO3S/c1-6-4-8(11)10(9(6)12)5-7(2)14(3)13/h4,7H,5H2,1-3H3. The predicted octanol–water partition coefficient (Wildman–Crippen LogP) is 0.0685. The van der Waals surface area contributed by atoms with Crippen molar-refractivity contribution in [3.63, 3.8) is 0 Å². The maximum Gasteiger partial charge on any atom is 0.256 e. The van der Waals surface area contributed by atoms with E-state index in [2.05, 4.69) is 0 Å². The number of rotatable bonds is 3. The Morgan fingerprint density at radius 2 is 2.07 bits per heavy atom. The summed E-state index contributed by atoms with van der Waals surface area (Å²) in [4.78, 5) is 23.8. The summed E-state index contributed by atoms with van der Waals surface area (Å²) in [5.41, 5.74) is 0.448. The summed E-state index contributed by atoms with van der Waals surface area (Å²) in [5.74, 6) is -0.572. The minimum Gasteiger partial charge on any atom is -0.274 e. The summed E-state index contributed by atoms with van der Waals surface area (Å²) in [7, 11) is -1.02. The molecule has 0 saturated heterocycles. The molecule has 2 amide bonds. The molecule has 1 aliphatic heterocycles. The summed E-state index contributed by atoms with van der Waals surface area (Å²) in [6, 6.07) is 0. The fourth-order valence-corrected chi connectivity index (χ4v) is 1.53. The van der Waals surface area contributed by atoms with Crippen molar-refractivity contribution in [2.45, 2.75) is 19.1 Å². The lowest BCUT2D eigenvalue weighted by atomic mass is 10.3. The zero-order chi connectivity index (χ0) is 10.9. The monoisotopic (exact) mass is 215 g/mol. The SMILES string of the molecule is CC1=CC(=O)N(CC(C)S(C)=O)C1=O. The number of carbonyl (C=O) groups excluding carboxylic acids is 2. The third-order valence-corrected chi connectivity index (χ3v) is 3.48. The Balaban J connectivity index is 2.69. The number of imide groups is 1. The Bertz CT molecular complexity index is 335. The van der Waals surface area contributed by atoms with E-state index in [-0.39, 0.29) is 23.6 Å². The first-order valence-electron chi connectivity index (χ1n) is 4.30. The molecule has 0 spiro atoms. The highest BCUT2D eigenvalue weighted by molar-refractivity contribution is 7.84. The van der Waals surface area contributed by atoms with Crippen LogP contribution < -0.4 is 0 Å².